The first-order valence-corrected chi connectivity index (χ1v) is 13.0. The molecule has 1 aliphatic heterocycles. The lowest BCUT2D eigenvalue weighted by Gasteiger charge is -2.26. The van der Waals surface area contributed by atoms with Crippen LogP contribution >= 0.6 is 11.3 Å². The lowest BCUT2D eigenvalue weighted by molar-refractivity contribution is 0.0730. The number of rotatable bonds is 5. The van der Waals surface area contributed by atoms with Crippen LogP contribution in [0.15, 0.2) is 34.3 Å². The summed E-state index contributed by atoms with van der Waals surface area (Å²) in [6, 6.07) is 6.85. The lowest BCUT2D eigenvalue weighted by Crippen LogP contribution is -2.40. The van der Waals surface area contributed by atoms with E-state index in [2.05, 4.69) is 20.5 Å². The normalized spacial score (nSPS) is 17.6. The van der Waals surface area contributed by atoms with Gasteiger partial charge in [-0.15, -0.1) is 11.3 Å². The predicted octanol–water partition coefficient (Wildman–Crippen LogP) is 3.35. The second-order valence-electron chi connectivity index (χ2n) is 8.01. The molecule has 5 rings (SSSR count). The molecule has 8 nitrogen and oxygen atoms in total. The maximum atomic E-state index is 12.8. The lowest BCUT2D eigenvalue weighted by atomic mass is 10.1. The molecule has 2 aromatic heterocycles. The number of anilines is 1. The number of sulfonamides is 1. The van der Waals surface area contributed by atoms with E-state index in [-0.39, 0.29) is 4.90 Å². The maximum absolute atomic E-state index is 12.8. The molecule has 32 heavy (non-hydrogen) atoms. The standard InChI is InChI=1S/C22H25N5O3S2/c1-14(16-6-8-17(9-7-16)32(28,29)27-10-12-30-13-11-27)25-26-21-20-18-4-3-5-19(18)31-22(20)24-15(2)23-21/h6-9H,3-5,10-13H2,1-2H3,(H,23,24,26). The van der Waals surface area contributed by atoms with Crippen LogP contribution in [-0.2, 0) is 27.6 Å². The summed E-state index contributed by atoms with van der Waals surface area (Å²) in [6.07, 6.45) is 3.33. The highest BCUT2D eigenvalue weighted by atomic mass is 32.2. The monoisotopic (exact) mass is 471 g/mol. The van der Waals surface area contributed by atoms with Gasteiger partial charge >= 0.3 is 0 Å². The van der Waals surface area contributed by atoms with E-state index < -0.39 is 10.0 Å². The van der Waals surface area contributed by atoms with Crippen LogP contribution in [0.25, 0.3) is 10.2 Å². The summed E-state index contributed by atoms with van der Waals surface area (Å²) in [5.41, 5.74) is 6.08. The van der Waals surface area contributed by atoms with Crippen molar-refractivity contribution < 1.29 is 13.2 Å². The van der Waals surface area contributed by atoms with Crippen molar-refractivity contribution in [3.05, 3.63) is 46.1 Å². The number of nitrogens with zero attached hydrogens (tertiary/aromatic N) is 4. The zero-order valence-corrected chi connectivity index (χ0v) is 19.7. The number of aromatic nitrogens is 2. The summed E-state index contributed by atoms with van der Waals surface area (Å²) >= 11 is 1.75. The van der Waals surface area contributed by atoms with Crippen molar-refractivity contribution in [1.29, 1.82) is 0 Å². The molecule has 1 fully saturated rings. The molecule has 1 aliphatic carbocycles. The Labute approximate surface area is 191 Å². The number of hydrogen-bond acceptors (Lipinski definition) is 8. The topological polar surface area (TPSA) is 96.8 Å². The zero-order chi connectivity index (χ0) is 22.3. The van der Waals surface area contributed by atoms with Crippen LogP contribution in [0.5, 0.6) is 0 Å². The molecule has 1 aromatic carbocycles. The average molecular weight is 472 g/mol. The summed E-state index contributed by atoms with van der Waals surface area (Å²) in [6.45, 7) is 5.40. The average Bonchev–Trinajstić information content (AvgIpc) is 3.39. The van der Waals surface area contributed by atoms with E-state index in [0.29, 0.717) is 32.1 Å². The Morgan fingerprint density at radius 2 is 1.91 bits per heavy atom. The third kappa shape index (κ3) is 3.92. The quantitative estimate of drug-likeness (QED) is 0.453. The Kier molecular flexibility index (Phi) is 5.70. The van der Waals surface area contributed by atoms with Crippen LogP contribution in [0.1, 0.15) is 35.2 Å². The van der Waals surface area contributed by atoms with Gasteiger partial charge in [0.05, 0.1) is 29.2 Å². The minimum atomic E-state index is -3.51. The summed E-state index contributed by atoms with van der Waals surface area (Å²) in [5, 5.41) is 5.63. The van der Waals surface area contributed by atoms with Gasteiger partial charge in [-0.25, -0.2) is 18.4 Å². The van der Waals surface area contributed by atoms with Crippen molar-refractivity contribution >= 4 is 43.1 Å². The molecule has 0 unspecified atom stereocenters. The Morgan fingerprint density at radius 1 is 1.16 bits per heavy atom. The molecule has 0 bridgehead atoms. The molecule has 0 saturated carbocycles. The molecular formula is C22H25N5O3S2. The van der Waals surface area contributed by atoms with E-state index >= 15 is 0 Å². The first-order chi connectivity index (χ1) is 15.4. The fourth-order valence-corrected chi connectivity index (χ4v) is 6.90. The molecule has 1 N–H and O–H groups in total. The summed E-state index contributed by atoms with van der Waals surface area (Å²) in [7, 11) is -3.51. The van der Waals surface area contributed by atoms with Crippen LogP contribution in [0.4, 0.5) is 5.82 Å². The van der Waals surface area contributed by atoms with E-state index in [9.17, 15) is 8.42 Å². The number of hydrogen-bond donors (Lipinski definition) is 1. The van der Waals surface area contributed by atoms with Crippen LogP contribution < -0.4 is 5.43 Å². The van der Waals surface area contributed by atoms with E-state index in [1.807, 2.05) is 13.8 Å². The molecule has 0 amide bonds. The highest BCUT2D eigenvalue weighted by molar-refractivity contribution is 7.89. The fraction of sp³-hybridized carbons (Fsp3) is 0.409. The SMILES string of the molecule is CC(=NNc1nc(C)nc2sc3c(c12)CCC3)c1ccc(S(=O)(=O)N2CCOCC2)cc1. The van der Waals surface area contributed by atoms with Gasteiger partial charge in [0, 0.05) is 18.0 Å². The number of morpholine rings is 1. The molecule has 3 heterocycles. The third-order valence-corrected chi connectivity index (χ3v) is 8.98. The van der Waals surface area contributed by atoms with Crippen molar-refractivity contribution in [1.82, 2.24) is 14.3 Å². The Morgan fingerprint density at radius 3 is 2.66 bits per heavy atom. The second kappa shape index (κ2) is 8.51. The molecule has 168 valence electrons. The number of aryl methyl sites for hydroxylation is 3. The second-order valence-corrected chi connectivity index (χ2v) is 11.0. The van der Waals surface area contributed by atoms with Crippen LogP contribution in [-0.4, -0.2) is 54.7 Å². The van der Waals surface area contributed by atoms with Gasteiger partial charge in [-0.1, -0.05) is 12.1 Å². The van der Waals surface area contributed by atoms with Crippen LogP contribution in [0, 0.1) is 6.92 Å². The largest absolute Gasteiger partial charge is 0.379 e. The Bertz CT molecular complexity index is 1290. The number of fused-ring (bicyclic) bond motifs is 3. The molecular weight excluding hydrogens is 446 g/mol. The van der Waals surface area contributed by atoms with E-state index in [0.717, 1.165) is 40.2 Å². The summed E-state index contributed by atoms with van der Waals surface area (Å²) in [4.78, 5) is 11.9. The number of nitrogens with one attached hydrogen (secondary N) is 1. The van der Waals surface area contributed by atoms with Gasteiger partial charge in [0.2, 0.25) is 10.0 Å². The first kappa shape index (κ1) is 21.4. The van der Waals surface area contributed by atoms with Gasteiger partial charge in [-0.2, -0.15) is 9.41 Å². The van der Waals surface area contributed by atoms with Gasteiger partial charge in [-0.05, 0) is 56.4 Å². The number of hydrazone groups is 1. The van der Waals surface area contributed by atoms with Crippen molar-refractivity contribution in [3.8, 4) is 0 Å². The third-order valence-electron chi connectivity index (χ3n) is 5.89. The summed E-state index contributed by atoms with van der Waals surface area (Å²) < 4.78 is 32.4. The predicted molar refractivity (Wildman–Crippen MR) is 126 cm³/mol. The van der Waals surface area contributed by atoms with Gasteiger partial charge in [-0.3, -0.25) is 5.43 Å². The molecule has 0 atom stereocenters. The van der Waals surface area contributed by atoms with Gasteiger partial charge in [0.1, 0.15) is 10.7 Å². The van der Waals surface area contributed by atoms with Crippen molar-refractivity contribution in [2.75, 3.05) is 31.7 Å². The fourth-order valence-electron chi connectivity index (χ4n) is 4.19. The zero-order valence-electron chi connectivity index (χ0n) is 18.1. The minimum absolute atomic E-state index is 0.283. The highest BCUT2D eigenvalue weighted by Gasteiger charge is 2.26. The van der Waals surface area contributed by atoms with Crippen LogP contribution in [0.3, 0.4) is 0 Å². The maximum Gasteiger partial charge on any atom is 0.243 e. The van der Waals surface area contributed by atoms with Gasteiger partial charge in [0.25, 0.3) is 0 Å². The molecule has 10 heteroatoms. The van der Waals surface area contributed by atoms with Crippen molar-refractivity contribution in [2.45, 2.75) is 38.0 Å². The first-order valence-electron chi connectivity index (χ1n) is 10.7. The number of thiophene rings is 1. The minimum Gasteiger partial charge on any atom is -0.379 e. The molecule has 2 aliphatic rings. The van der Waals surface area contributed by atoms with Crippen molar-refractivity contribution in [3.63, 3.8) is 0 Å². The molecule has 0 spiro atoms. The molecule has 1 saturated heterocycles. The Balaban J connectivity index is 1.38. The van der Waals surface area contributed by atoms with Crippen molar-refractivity contribution in [2.24, 2.45) is 5.10 Å². The van der Waals surface area contributed by atoms with E-state index in [1.165, 1.54) is 21.2 Å². The molecule has 0 radical (unpaired) electrons. The van der Waals surface area contributed by atoms with Gasteiger partial charge in [0.15, 0.2) is 5.82 Å². The number of ether oxygens (including phenoxy) is 1. The van der Waals surface area contributed by atoms with Crippen LogP contribution in [0.2, 0.25) is 0 Å². The smallest absolute Gasteiger partial charge is 0.243 e. The highest BCUT2D eigenvalue weighted by Crippen LogP contribution is 2.39. The Hall–Kier alpha value is -2.40. The van der Waals surface area contributed by atoms with E-state index in [1.54, 1.807) is 35.6 Å². The van der Waals surface area contributed by atoms with E-state index in [4.69, 9.17) is 4.74 Å². The molecule has 3 aromatic rings. The van der Waals surface area contributed by atoms with Gasteiger partial charge < -0.3 is 4.74 Å². The summed E-state index contributed by atoms with van der Waals surface area (Å²) in [5.74, 6) is 1.45. The number of benzene rings is 1.